The maximum absolute atomic E-state index is 5.22. The lowest BCUT2D eigenvalue weighted by Crippen LogP contribution is -2.28. The van der Waals surface area contributed by atoms with Crippen molar-refractivity contribution in [1.29, 1.82) is 0 Å². The molecule has 0 spiro atoms. The van der Waals surface area contributed by atoms with Gasteiger partial charge in [-0.3, -0.25) is 0 Å². The minimum atomic E-state index is -0.504. The zero-order chi connectivity index (χ0) is 35.2. The van der Waals surface area contributed by atoms with Crippen molar-refractivity contribution < 1.29 is 0 Å². The van der Waals surface area contributed by atoms with E-state index in [2.05, 4.69) is 176 Å². The van der Waals surface area contributed by atoms with E-state index < -0.39 is 5.41 Å². The summed E-state index contributed by atoms with van der Waals surface area (Å²) in [6.45, 7) is 0. The molecule has 0 N–H and O–H groups in total. The third kappa shape index (κ3) is 5.09. The van der Waals surface area contributed by atoms with Gasteiger partial charge in [0.15, 0.2) is 17.5 Å². The van der Waals surface area contributed by atoms with Gasteiger partial charge in [-0.25, -0.2) is 15.0 Å². The molecule has 0 aliphatic heterocycles. The lowest BCUT2D eigenvalue weighted by molar-refractivity contribution is 0.769. The summed E-state index contributed by atoms with van der Waals surface area (Å²) < 4.78 is 0. The zero-order valence-corrected chi connectivity index (χ0v) is 28.9. The normalized spacial score (nSPS) is 12.7. The Morgan fingerprint density at radius 2 is 0.774 bits per heavy atom. The minimum Gasteiger partial charge on any atom is -0.208 e. The van der Waals surface area contributed by atoms with Crippen LogP contribution >= 0.6 is 0 Å². The Morgan fingerprint density at radius 3 is 1.42 bits per heavy atom. The van der Waals surface area contributed by atoms with Gasteiger partial charge in [0, 0.05) is 16.7 Å². The highest BCUT2D eigenvalue weighted by atomic mass is 15.0. The van der Waals surface area contributed by atoms with Crippen LogP contribution in [0, 0.1) is 0 Å². The van der Waals surface area contributed by atoms with E-state index in [0.717, 1.165) is 33.0 Å². The van der Waals surface area contributed by atoms with E-state index in [0.29, 0.717) is 17.5 Å². The number of nitrogens with zero attached hydrogens (tertiary/aromatic N) is 3. The van der Waals surface area contributed by atoms with Gasteiger partial charge in [0.25, 0.3) is 0 Å². The largest absolute Gasteiger partial charge is 0.208 e. The van der Waals surface area contributed by atoms with Crippen LogP contribution in [0.3, 0.4) is 0 Å². The molecule has 0 saturated heterocycles. The Bertz CT molecular complexity index is 2700. The van der Waals surface area contributed by atoms with Crippen LogP contribution in [-0.2, 0) is 5.41 Å². The molecule has 8 aromatic carbocycles. The first-order valence-electron chi connectivity index (χ1n) is 18.0. The lowest BCUT2D eigenvalue weighted by Gasteiger charge is -2.34. The van der Waals surface area contributed by atoms with E-state index in [1.807, 2.05) is 24.3 Å². The van der Waals surface area contributed by atoms with Crippen molar-refractivity contribution in [3.8, 4) is 56.4 Å². The molecule has 1 aliphatic rings. The van der Waals surface area contributed by atoms with E-state index in [9.17, 15) is 0 Å². The average molecular weight is 676 g/mol. The van der Waals surface area contributed by atoms with E-state index in [4.69, 9.17) is 15.0 Å². The highest BCUT2D eigenvalue weighted by molar-refractivity contribution is 6.02. The van der Waals surface area contributed by atoms with Gasteiger partial charge in [0.2, 0.25) is 0 Å². The van der Waals surface area contributed by atoms with Crippen LogP contribution in [0.1, 0.15) is 22.3 Å². The summed E-state index contributed by atoms with van der Waals surface area (Å²) in [4.78, 5) is 15.4. The fourth-order valence-electron chi connectivity index (χ4n) is 8.19. The van der Waals surface area contributed by atoms with E-state index in [-0.39, 0.29) is 0 Å². The highest BCUT2D eigenvalue weighted by Gasteiger charge is 2.46. The van der Waals surface area contributed by atoms with Crippen LogP contribution in [0.5, 0.6) is 0 Å². The Hall–Kier alpha value is -6.97. The molecule has 0 radical (unpaired) electrons. The zero-order valence-electron chi connectivity index (χ0n) is 28.9. The molecule has 248 valence electrons. The van der Waals surface area contributed by atoms with Crippen LogP contribution in [0.15, 0.2) is 200 Å². The summed E-state index contributed by atoms with van der Waals surface area (Å²) in [7, 11) is 0. The molecule has 10 rings (SSSR count). The number of hydrogen-bond acceptors (Lipinski definition) is 3. The quantitative estimate of drug-likeness (QED) is 0.176. The third-order valence-corrected chi connectivity index (χ3v) is 10.6. The smallest absolute Gasteiger partial charge is 0.164 e. The summed E-state index contributed by atoms with van der Waals surface area (Å²) in [6, 6.07) is 71.1. The van der Waals surface area contributed by atoms with E-state index >= 15 is 0 Å². The number of aromatic nitrogens is 3. The summed E-state index contributed by atoms with van der Waals surface area (Å²) in [5.41, 5.74) is 12.2. The van der Waals surface area contributed by atoms with Gasteiger partial charge >= 0.3 is 0 Å². The fourth-order valence-corrected chi connectivity index (χ4v) is 8.19. The number of rotatable bonds is 6. The second-order valence-electron chi connectivity index (χ2n) is 13.6. The standard InChI is InChI=1S/C50H33N3/c1-5-16-34(17-6-1)35-28-30-37(31-29-35)48-51-47(36-18-7-2-8-19-36)52-49(53-48)42-26-15-20-38-32-44-41-25-13-14-27-45(41)50(46(44)33-43(38)42,39-21-9-3-10-22-39)40-23-11-4-12-24-40/h1-33H. The molecule has 0 saturated carbocycles. The van der Waals surface area contributed by atoms with Gasteiger partial charge in [0.05, 0.1) is 5.41 Å². The molecule has 0 unspecified atom stereocenters. The van der Waals surface area contributed by atoms with Gasteiger partial charge in [-0.15, -0.1) is 0 Å². The summed E-state index contributed by atoms with van der Waals surface area (Å²) in [5.74, 6) is 1.93. The summed E-state index contributed by atoms with van der Waals surface area (Å²) in [6.07, 6.45) is 0. The van der Waals surface area contributed by atoms with Crippen molar-refractivity contribution in [2.75, 3.05) is 0 Å². The van der Waals surface area contributed by atoms with Crippen molar-refractivity contribution >= 4 is 10.8 Å². The monoisotopic (exact) mass is 675 g/mol. The molecule has 3 heteroatoms. The SMILES string of the molecule is c1ccc(-c2ccc(-c3nc(-c4ccccc4)nc(-c4cccc5cc6c(cc45)C(c4ccccc4)(c4ccccc4)c4ccccc4-6)n3)cc2)cc1. The molecule has 0 fully saturated rings. The van der Waals surface area contributed by atoms with Gasteiger partial charge in [-0.1, -0.05) is 188 Å². The molecule has 1 aliphatic carbocycles. The molecule has 3 nitrogen and oxygen atoms in total. The fraction of sp³-hybridized carbons (Fsp3) is 0.0200. The van der Waals surface area contributed by atoms with Gasteiger partial charge in [-0.05, 0) is 67.4 Å². The molecule has 53 heavy (non-hydrogen) atoms. The Balaban J connectivity index is 1.21. The third-order valence-electron chi connectivity index (χ3n) is 10.6. The lowest BCUT2D eigenvalue weighted by atomic mass is 9.67. The predicted octanol–water partition coefficient (Wildman–Crippen LogP) is 12.1. The number of benzene rings is 8. The summed E-state index contributed by atoms with van der Waals surface area (Å²) in [5, 5.41) is 2.24. The summed E-state index contributed by atoms with van der Waals surface area (Å²) >= 11 is 0. The number of fused-ring (bicyclic) bond motifs is 4. The minimum absolute atomic E-state index is 0.504. The van der Waals surface area contributed by atoms with Crippen molar-refractivity contribution in [3.05, 3.63) is 222 Å². The van der Waals surface area contributed by atoms with Crippen molar-refractivity contribution in [1.82, 2.24) is 15.0 Å². The molecule has 1 aromatic heterocycles. The van der Waals surface area contributed by atoms with Crippen LogP contribution in [0.2, 0.25) is 0 Å². The molecule has 9 aromatic rings. The predicted molar refractivity (Wildman–Crippen MR) is 216 cm³/mol. The van der Waals surface area contributed by atoms with Crippen LogP contribution in [0.25, 0.3) is 67.2 Å². The Labute approximate surface area is 309 Å². The van der Waals surface area contributed by atoms with Crippen LogP contribution < -0.4 is 0 Å². The maximum atomic E-state index is 5.22. The molecule has 1 heterocycles. The molecular weight excluding hydrogens is 643 g/mol. The first kappa shape index (κ1) is 30.8. The average Bonchev–Trinajstić information content (AvgIpc) is 3.53. The van der Waals surface area contributed by atoms with Gasteiger partial charge < -0.3 is 0 Å². The van der Waals surface area contributed by atoms with Crippen molar-refractivity contribution in [3.63, 3.8) is 0 Å². The Kier molecular flexibility index (Phi) is 7.36. The topological polar surface area (TPSA) is 38.7 Å². The van der Waals surface area contributed by atoms with Crippen molar-refractivity contribution in [2.24, 2.45) is 0 Å². The van der Waals surface area contributed by atoms with Crippen LogP contribution in [-0.4, -0.2) is 15.0 Å². The molecule has 0 bridgehead atoms. The van der Waals surface area contributed by atoms with Crippen molar-refractivity contribution in [2.45, 2.75) is 5.41 Å². The Morgan fingerprint density at radius 1 is 0.302 bits per heavy atom. The van der Waals surface area contributed by atoms with Gasteiger partial charge in [-0.2, -0.15) is 0 Å². The highest BCUT2D eigenvalue weighted by Crippen LogP contribution is 2.57. The van der Waals surface area contributed by atoms with Crippen LogP contribution in [0.4, 0.5) is 0 Å². The van der Waals surface area contributed by atoms with E-state index in [1.165, 1.54) is 38.9 Å². The molecule has 0 atom stereocenters. The second kappa shape index (κ2) is 12.7. The van der Waals surface area contributed by atoms with E-state index in [1.54, 1.807) is 0 Å². The number of hydrogen-bond donors (Lipinski definition) is 0. The maximum Gasteiger partial charge on any atom is 0.164 e. The first-order valence-corrected chi connectivity index (χ1v) is 18.0. The van der Waals surface area contributed by atoms with Gasteiger partial charge in [0.1, 0.15) is 0 Å². The molecular formula is C50H33N3. The second-order valence-corrected chi connectivity index (χ2v) is 13.6. The molecule has 0 amide bonds. The first-order chi connectivity index (χ1) is 26.3.